The molecule has 1 N–H and O–H groups in total. The number of hydrogen-bond acceptors (Lipinski definition) is 5. The summed E-state index contributed by atoms with van der Waals surface area (Å²) >= 11 is 0. The summed E-state index contributed by atoms with van der Waals surface area (Å²) in [6.07, 6.45) is 7.12. The minimum absolute atomic E-state index is 0.0515. The average Bonchev–Trinajstić information content (AvgIpc) is 3.27. The Morgan fingerprint density at radius 2 is 2.19 bits per heavy atom. The highest BCUT2D eigenvalue weighted by atomic mass is 16.5. The van der Waals surface area contributed by atoms with E-state index in [0.29, 0.717) is 17.8 Å². The number of nitrogens with zero attached hydrogens (tertiary/aromatic N) is 5. The van der Waals surface area contributed by atoms with E-state index in [1.54, 1.807) is 23.1 Å². The molecule has 136 valence electrons. The molecule has 8 nitrogen and oxygen atoms in total. The van der Waals surface area contributed by atoms with Gasteiger partial charge in [0, 0.05) is 44.6 Å². The van der Waals surface area contributed by atoms with Gasteiger partial charge in [0.25, 0.3) is 5.91 Å². The first-order chi connectivity index (χ1) is 12.6. The van der Waals surface area contributed by atoms with E-state index in [0.717, 1.165) is 30.8 Å². The topological polar surface area (TPSA) is 86.3 Å². The molecule has 1 saturated heterocycles. The van der Waals surface area contributed by atoms with Crippen molar-refractivity contribution < 1.29 is 9.53 Å². The Labute approximate surface area is 151 Å². The van der Waals surface area contributed by atoms with Gasteiger partial charge in [-0.25, -0.2) is 9.50 Å². The molecule has 3 aromatic heterocycles. The van der Waals surface area contributed by atoms with Crippen LogP contribution in [0.3, 0.4) is 0 Å². The van der Waals surface area contributed by atoms with E-state index in [9.17, 15) is 4.79 Å². The SMILES string of the molecule is Cc1nc2ccnn2cc1C(=O)NC[C@@H]1CCCO[C@H]1c1ccnn1C. The molecule has 1 aliphatic rings. The molecule has 0 unspecified atom stereocenters. The summed E-state index contributed by atoms with van der Waals surface area (Å²) < 4.78 is 9.44. The molecule has 4 heterocycles. The van der Waals surface area contributed by atoms with E-state index >= 15 is 0 Å². The molecule has 0 aromatic carbocycles. The second kappa shape index (κ2) is 6.87. The Balaban J connectivity index is 1.48. The van der Waals surface area contributed by atoms with Gasteiger partial charge in [-0.05, 0) is 25.8 Å². The number of fused-ring (bicyclic) bond motifs is 1. The molecule has 2 atom stereocenters. The first-order valence-corrected chi connectivity index (χ1v) is 8.82. The number of aryl methyl sites for hydroxylation is 2. The van der Waals surface area contributed by atoms with Gasteiger partial charge in [0.2, 0.25) is 0 Å². The molecule has 0 aliphatic carbocycles. The molecule has 8 heteroatoms. The highest BCUT2D eigenvalue weighted by Gasteiger charge is 2.30. The van der Waals surface area contributed by atoms with Crippen molar-refractivity contribution in [3.8, 4) is 0 Å². The van der Waals surface area contributed by atoms with Crippen molar-refractivity contribution >= 4 is 11.6 Å². The van der Waals surface area contributed by atoms with Gasteiger partial charge in [0.15, 0.2) is 5.65 Å². The molecule has 1 amide bonds. The van der Waals surface area contributed by atoms with Crippen molar-refractivity contribution in [2.45, 2.75) is 25.9 Å². The normalized spacial score (nSPS) is 20.4. The smallest absolute Gasteiger partial charge is 0.254 e. The summed E-state index contributed by atoms with van der Waals surface area (Å²) in [5.74, 6) is 0.0755. The van der Waals surface area contributed by atoms with Gasteiger partial charge in [-0.15, -0.1) is 0 Å². The first kappa shape index (κ1) is 16.7. The number of carbonyl (C=O) groups excluding carboxylic acids is 1. The highest BCUT2D eigenvalue weighted by Crippen LogP contribution is 2.32. The fourth-order valence-electron chi connectivity index (χ4n) is 3.53. The first-order valence-electron chi connectivity index (χ1n) is 8.82. The van der Waals surface area contributed by atoms with Crippen LogP contribution in [0, 0.1) is 12.8 Å². The number of hydrogen-bond donors (Lipinski definition) is 1. The fourth-order valence-corrected chi connectivity index (χ4v) is 3.53. The van der Waals surface area contributed by atoms with Gasteiger partial charge in [0.05, 0.1) is 23.1 Å². The van der Waals surface area contributed by atoms with Gasteiger partial charge >= 0.3 is 0 Å². The lowest BCUT2D eigenvalue weighted by atomic mass is 9.92. The molecule has 1 aliphatic heterocycles. The lowest BCUT2D eigenvalue weighted by Crippen LogP contribution is -2.36. The van der Waals surface area contributed by atoms with Crippen LogP contribution in [0.2, 0.25) is 0 Å². The monoisotopic (exact) mass is 354 g/mol. The van der Waals surface area contributed by atoms with Crippen molar-refractivity contribution in [2.24, 2.45) is 13.0 Å². The van der Waals surface area contributed by atoms with Crippen molar-refractivity contribution in [2.75, 3.05) is 13.2 Å². The zero-order chi connectivity index (χ0) is 18.1. The zero-order valence-corrected chi connectivity index (χ0v) is 14.9. The number of carbonyl (C=O) groups is 1. The summed E-state index contributed by atoms with van der Waals surface area (Å²) in [5, 5.41) is 11.4. The van der Waals surface area contributed by atoms with Crippen LogP contribution in [0.5, 0.6) is 0 Å². The molecule has 0 spiro atoms. The number of nitrogens with one attached hydrogen (secondary N) is 1. The van der Waals surface area contributed by atoms with Crippen LogP contribution in [-0.4, -0.2) is 43.4 Å². The van der Waals surface area contributed by atoms with Gasteiger partial charge in [-0.3, -0.25) is 9.48 Å². The maximum absolute atomic E-state index is 12.7. The van der Waals surface area contributed by atoms with E-state index in [1.165, 1.54) is 0 Å². The van der Waals surface area contributed by atoms with Crippen molar-refractivity contribution in [3.05, 3.63) is 47.7 Å². The Morgan fingerprint density at radius 3 is 3.00 bits per heavy atom. The minimum atomic E-state index is -0.137. The second-order valence-electron chi connectivity index (χ2n) is 6.66. The minimum Gasteiger partial charge on any atom is -0.372 e. The van der Waals surface area contributed by atoms with Crippen LogP contribution in [0.1, 0.15) is 40.7 Å². The van der Waals surface area contributed by atoms with E-state index in [1.807, 2.05) is 30.8 Å². The third-order valence-electron chi connectivity index (χ3n) is 4.94. The second-order valence-corrected chi connectivity index (χ2v) is 6.66. The molecule has 4 rings (SSSR count). The Kier molecular flexibility index (Phi) is 4.42. The standard InChI is InChI=1S/C18H22N6O2/c1-12-14(11-24-16(22-12)6-8-21-24)18(25)19-10-13-4-3-9-26-17(13)15-5-7-20-23(15)2/h5-8,11,13,17H,3-4,9-10H2,1-2H3,(H,19,25)/t13-,17+/m0/s1. The molecular weight excluding hydrogens is 332 g/mol. The third kappa shape index (κ3) is 3.08. The third-order valence-corrected chi connectivity index (χ3v) is 4.94. The van der Waals surface area contributed by atoms with Gasteiger partial charge in [0.1, 0.15) is 6.10 Å². The van der Waals surface area contributed by atoms with E-state index in [2.05, 4.69) is 20.5 Å². The van der Waals surface area contributed by atoms with Gasteiger partial charge in [-0.1, -0.05) is 0 Å². The molecule has 0 radical (unpaired) electrons. The maximum atomic E-state index is 12.7. The lowest BCUT2D eigenvalue weighted by Gasteiger charge is -2.32. The molecule has 0 bridgehead atoms. The lowest BCUT2D eigenvalue weighted by molar-refractivity contribution is -0.0317. The van der Waals surface area contributed by atoms with E-state index in [4.69, 9.17) is 4.74 Å². The molecule has 3 aromatic rings. The Bertz CT molecular complexity index is 931. The van der Waals surface area contributed by atoms with E-state index in [-0.39, 0.29) is 17.9 Å². The number of rotatable bonds is 4. The van der Waals surface area contributed by atoms with Crippen molar-refractivity contribution in [1.82, 2.24) is 29.7 Å². The van der Waals surface area contributed by atoms with Crippen LogP contribution < -0.4 is 5.32 Å². The quantitative estimate of drug-likeness (QED) is 0.770. The van der Waals surface area contributed by atoms with E-state index < -0.39 is 0 Å². The summed E-state index contributed by atoms with van der Waals surface area (Å²) in [6.45, 7) is 3.12. The van der Waals surface area contributed by atoms with Crippen LogP contribution in [0.25, 0.3) is 5.65 Å². The molecular formula is C18H22N6O2. The highest BCUT2D eigenvalue weighted by molar-refractivity contribution is 5.95. The predicted molar refractivity (Wildman–Crippen MR) is 94.7 cm³/mol. The van der Waals surface area contributed by atoms with Crippen LogP contribution in [-0.2, 0) is 11.8 Å². The predicted octanol–water partition coefficient (Wildman–Crippen LogP) is 1.67. The summed E-state index contributed by atoms with van der Waals surface area (Å²) in [5.41, 5.74) is 3.00. The van der Waals surface area contributed by atoms with Gasteiger partial charge in [-0.2, -0.15) is 10.2 Å². The Hall–Kier alpha value is -2.74. The summed E-state index contributed by atoms with van der Waals surface area (Å²) in [7, 11) is 1.91. The van der Waals surface area contributed by atoms with Crippen molar-refractivity contribution in [1.29, 1.82) is 0 Å². The van der Waals surface area contributed by atoms with Crippen LogP contribution >= 0.6 is 0 Å². The van der Waals surface area contributed by atoms with Crippen LogP contribution in [0.4, 0.5) is 0 Å². The summed E-state index contributed by atoms with van der Waals surface area (Å²) in [6, 6.07) is 3.79. The fraction of sp³-hybridized carbons (Fsp3) is 0.444. The van der Waals surface area contributed by atoms with Crippen LogP contribution in [0.15, 0.2) is 30.7 Å². The number of ether oxygens (including phenoxy) is 1. The van der Waals surface area contributed by atoms with Crippen molar-refractivity contribution in [3.63, 3.8) is 0 Å². The average molecular weight is 354 g/mol. The Morgan fingerprint density at radius 1 is 1.35 bits per heavy atom. The number of amides is 1. The van der Waals surface area contributed by atoms with Gasteiger partial charge < -0.3 is 10.1 Å². The molecule has 0 saturated carbocycles. The molecule has 1 fully saturated rings. The molecule has 26 heavy (non-hydrogen) atoms. The maximum Gasteiger partial charge on any atom is 0.254 e. The summed E-state index contributed by atoms with van der Waals surface area (Å²) in [4.78, 5) is 17.1. The zero-order valence-electron chi connectivity index (χ0n) is 14.9. The number of aromatic nitrogens is 5. The largest absolute Gasteiger partial charge is 0.372 e.